The molecule has 0 heterocycles. The van der Waals surface area contributed by atoms with E-state index in [-0.39, 0.29) is 0 Å². The van der Waals surface area contributed by atoms with Crippen molar-refractivity contribution < 1.29 is 4.74 Å². The highest BCUT2D eigenvalue weighted by Crippen LogP contribution is 2.24. The smallest absolute Gasteiger partial charge is 0.123 e. The zero-order valence-electron chi connectivity index (χ0n) is 8.42. The highest BCUT2D eigenvalue weighted by molar-refractivity contribution is 9.10. The van der Waals surface area contributed by atoms with E-state index >= 15 is 0 Å². The second kappa shape index (κ2) is 5.86. The van der Waals surface area contributed by atoms with Crippen LogP contribution in [-0.4, -0.2) is 7.11 Å². The van der Waals surface area contributed by atoms with Crippen LogP contribution in [0.1, 0.15) is 18.4 Å². The second-order valence-corrected chi connectivity index (χ2v) is 4.05. The van der Waals surface area contributed by atoms with E-state index in [1.165, 1.54) is 5.56 Å². The maximum atomic E-state index is 5.30. The highest BCUT2D eigenvalue weighted by Gasteiger charge is 2.02. The van der Waals surface area contributed by atoms with Crippen LogP contribution in [0.4, 0.5) is 0 Å². The third-order valence-electron chi connectivity index (χ3n) is 2.10. The lowest BCUT2D eigenvalue weighted by molar-refractivity contribution is 0.409. The van der Waals surface area contributed by atoms with Crippen LogP contribution in [0.3, 0.4) is 0 Å². The fraction of sp³-hybridized carbons (Fsp3) is 0.333. The first-order valence-corrected chi connectivity index (χ1v) is 5.50. The largest absolute Gasteiger partial charge is 0.496 e. The van der Waals surface area contributed by atoms with Crippen LogP contribution in [0, 0.1) is 0 Å². The number of unbranched alkanes of at least 4 members (excludes halogenated alkanes) is 1. The van der Waals surface area contributed by atoms with E-state index in [9.17, 15) is 0 Å². The van der Waals surface area contributed by atoms with Gasteiger partial charge in [0, 0.05) is 4.47 Å². The molecule has 0 spiro atoms. The van der Waals surface area contributed by atoms with Crippen molar-refractivity contribution in [1.82, 2.24) is 0 Å². The summed E-state index contributed by atoms with van der Waals surface area (Å²) in [6.07, 6.45) is 5.18. The molecule has 0 unspecified atom stereocenters. The normalized spacial score (nSPS) is 9.86. The van der Waals surface area contributed by atoms with Crippen molar-refractivity contribution in [3.05, 3.63) is 40.9 Å². The van der Waals surface area contributed by atoms with E-state index in [4.69, 9.17) is 4.74 Å². The molecule has 0 saturated carbocycles. The van der Waals surface area contributed by atoms with Gasteiger partial charge in [0.05, 0.1) is 7.11 Å². The Hall–Kier alpha value is -0.760. The summed E-state index contributed by atoms with van der Waals surface area (Å²) in [5.74, 6) is 0.962. The fourth-order valence-electron chi connectivity index (χ4n) is 1.36. The molecule has 0 saturated heterocycles. The van der Waals surface area contributed by atoms with Gasteiger partial charge in [0.15, 0.2) is 0 Å². The number of allylic oxidation sites excluding steroid dienone is 1. The van der Waals surface area contributed by atoms with Crippen molar-refractivity contribution in [3.8, 4) is 5.75 Å². The van der Waals surface area contributed by atoms with E-state index in [1.54, 1.807) is 7.11 Å². The van der Waals surface area contributed by atoms with Crippen LogP contribution < -0.4 is 4.74 Å². The van der Waals surface area contributed by atoms with E-state index in [0.29, 0.717) is 0 Å². The maximum Gasteiger partial charge on any atom is 0.123 e. The van der Waals surface area contributed by atoms with Gasteiger partial charge < -0.3 is 4.74 Å². The Morgan fingerprint density at radius 3 is 2.93 bits per heavy atom. The van der Waals surface area contributed by atoms with Crippen LogP contribution >= 0.6 is 15.9 Å². The third-order valence-corrected chi connectivity index (χ3v) is 2.60. The third kappa shape index (κ3) is 3.18. The van der Waals surface area contributed by atoms with E-state index < -0.39 is 0 Å². The summed E-state index contributed by atoms with van der Waals surface area (Å²) in [7, 11) is 1.71. The summed E-state index contributed by atoms with van der Waals surface area (Å²) >= 11 is 3.42. The number of hydrogen-bond acceptors (Lipinski definition) is 1. The Morgan fingerprint density at radius 1 is 1.50 bits per heavy atom. The summed E-state index contributed by atoms with van der Waals surface area (Å²) in [5.41, 5.74) is 1.26. The molecule has 0 aromatic heterocycles. The van der Waals surface area contributed by atoms with Crippen molar-refractivity contribution >= 4 is 15.9 Å². The predicted molar refractivity (Wildman–Crippen MR) is 63.8 cm³/mol. The molecule has 14 heavy (non-hydrogen) atoms. The van der Waals surface area contributed by atoms with Crippen molar-refractivity contribution in [2.24, 2.45) is 0 Å². The summed E-state index contributed by atoms with van der Waals surface area (Å²) in [4.78, 5) is 0. The first-order valence-electron chi connectivity index (χ1n) is 4.71. The average molecular weight is 255 g/mol. The van der Waals surface area contributed by atoms with Crippen LogP contribution in [-0.2, 0) is 6.42 Å². The number of benzene rings is 1. The Balaban J connectivity index is 2.69. The van der Waals surface area contributed by atoms with E-state index in [1.807, 2.05) is 18.2 Å². The van der Waals surface area contributed by atoms with Crippen LogP contribution in [0.2, 0.25) is 0 Å². The predicted octanol–water partition coefficient (Wildman–Crippen LogP) is 3.97. The molecule has 76 valence electrons. The standard InChI is InChI=1S/C12H15BrO/c1-3-4-5-6-10-7-8-11(13)9-12(10)14-2/h3,7-9H,1,4-6H2,2H3. The minimum atomic E-state index is 0.962. The monoisotopic (exact) mass is 254 g/mol. The number of aryl methyl sites for hydroxylation is 1. The summed E-state index contributed by atoms with van der Waals surface area (Å²) < 4.78 is 6.36. The Kier molecular flexibility index (Phi) is 4.74. The highest BCUT2D eigenvalue weighted by atomic mass is 79.9. The molecule has 0 bridgehead atoms. The Labute approximate surface area is 93.9 Å². The van der Waals surface area contributed by atoms with Gasteiger partial charge in [0.1, 0.15) is 5.75 Å². The fourth-order valence-corrected chi connectivity index (χ4v) is 1.70. The molecule has 0 atom stereocenters. The van der Waals surface area contributed by atoms with Gasteiger partial charge in [-0.3, -0.25) is 0 Å². The minimum Gasteiger partial charge on any atom is -0.496 e. The molecule has 0 amide bonds. The van der Waals surface area contributed by atoms with Gasteiger partial charge in [0.25, 0.3) is 0 Å². The zero-order valence-corrected chi connectivity index (χ0v) is 10.0. The topological polar surface area (TPSA) is 9.23 Å². The number of halogens is 1. The number of rotatable bonds is 5. The van der Waals surface area contributed by atoms with Crippen molar-refractivity contribution in [1.29, 1.82) is 0 Å². The van der Waals surface area contributed by atoms with Crippen LogP contribution in [0.25, 0.3) is 0 Å². The summed E-state index contributed by atoms with van der Waals surface area (Å²) in [5, 5.41) is 0. The van der Waals surface area contributed by atoms with Gasteiger partial charge >= 0.3 is 0 Å². The molecular weight excluding hydrogens is 240 g/mol. The average Bonchev–Trinajstić information content (AvgIpc) is 2.20. The van der Waals surface area contributed by atoms with Gasteiger partial charge in [-0.05, 0) is 37.0 Å². The van der Waals surface area contributed by atoms with Crippen LogP contribution in [0.15, 0.2) is 35.3 Å². The van der Waals surface area contributed by atoms with E-state index in [2.05, 4.69) is 28.6 Å². The SMILES string of the molecule is C=CCCCc1ccc(Br)cc1OC. The quantitative estimate of drug-likeness (QED) is 0.571. The molecule has 0 aliphatic carbocycles. The maximum absolute atomic E-state index is 5.30. The Bertz CT molecular complexity index is 307. The van der Waals surface area contributed by atoms with Gasteiger partial charge in [-0.25, -0.2) is 0 Å². The van der Waals surface area contributed by atoms with Crippen molar-refractivity contribution in [2.45, 2.75) is 19.3 Å². The molecule has 0 radical (unpaired) electrons. The van der Waals surface area contributed by atoms with Crippen molar-refractivity contribution in [2.75, 3.05) is 7.11 Å². The van der Waals surface area contributed by atoms with Gasteiger partial charge in [-0.1, -0.05) is 28.1 Å². The molecule has 0 fully saturated rings. The molecule has 1 nitrogen and oxygen atoms in total. The first-order chi connectivity index (χ1) is 6.77. The lowest BCUT2D eigenvalue weighted by Crippen LogP contribution is -1.92. The number of hydrogen-bond donors (Lipinski definition) is 0. The number of ether oxygens (including phenoxy) is 1. The molecule has 0 N–H and O–H groups in total. The molecule has 0 aliphatic heterocycles. The molecular formula is C12H15BrO. The van der Waals surface area contributed by atoms with Gasteiger partial charge in [-0.2, -0.15) is 0 Å². The zero-order chi connectivity index (χ0) is 10.4. The van der Waals surface area contributed by atoms with E-state index in [0.717, 1.165) is 29.5 Å². The second-order valence-electron chi connectivity index (χ2n) is 3.14. The van der Waals surface area contributed by atoms with Gasteiger partial charge in [-0.15, -0.1) is 6.58 Å². The lowest BCUT2D eigenvalue weighted by atomic mass is 10.1. The lowest BCUT2D eigenvalue weighted by Gasteiger charge is -2.07. The molecule has 1 aromatic carbocycles. The molecule has 2 heteroatoms. The molecule has 1 rings (SSSR count). The first kappa shape index (κ1) is 11.3. The Morgan fingerprint density at radius 2 is 2.29 bits per heavy atom. The van der Waals surface area contributed by atoms with Crippen LogP contribution in [0.5, 0.6) is 5.75 Å². The summed E-state index contributed by atoms with van der Waals surface area (Å²) in [6, 6.07) is 6.15. The van der Waals surface area contributed by atoms with Crippen molar-refractivity contribution in [3.63, 3.8) is 0 Å². The molecule has 0 aliphatic rings. The minimum absolute atomic E-state index is 0.962. The van der Waals surface area contributed by atoms with Gasteiger partial charge in [0.2, 0.25) is 0 Å². The summed E-state index contributed by atoms with van der Waals surface area (Å²) in [6.45, 7) is 3.71. The number of methoxy groups -OCH3 is 1. The molecule has 1 aromatic rings.